The maximum Gasteiger partial charge on any atom is 0.319 e. The summed E-state index contributed by atoms with van der Waals surface area (Å²) in [4.78, 5) is 71.9. The number of amides is 3. The van der Waals surface area contributed by atoms with E-state index in [9.17, 15) is 24.3 Å². The number of rotatable bonds is 11. The van der Waals surface area contributed by atoms with E-state index in [-0.39, 0.29) is 86.9 Å². The highest BCUT2D eigenvalue weighted by atomic mass is 19.1. The molecule has 5 aliphatic rings. The van der Waals surface area contributed by atoms with Gasteiger partial charge in [0.25, 0.3) is 5.91 Å². The summed E-state index contributed by atoms with van der Waals surface area (Å²) in [5.41, 5.74) is 0.947. The Kier molecular flexibility index (Phi) is 10.8. The summed E-state index contributed by atoms with van der Waals surface area (Å²) in [6.45, 7) is 5.20. The van der Waals surface area contributed by atoms with Crippen LogP contribution in [-0.4, -0.2) is 131 Å². The predicted molar refractivity (Wildman–Crippen MR) is 238 cm³/mol. The lowest BCUT2D eigenvalue weighted by atomic mass is 9.96. The number of nitrogens with one attached hydrogen (secondary N) is 2. The van der Waals surface area contributed by atoms with E-state index in [1.165, 1.54) is 42.4 Å². The van der Waals surface area contributed by atoms with Gasteiger partial charge in [-0.1, -0.05) is 12.0 Å². The molecule has 0 spiro atoms. The SMILES string of the molecule is C#Cc1c(F)ccc2cc(O)cc(-c3ncc4c(N5CC6CCC(C5)N6)nc(OCC5(CN6CCN(c7ccc(C=O)c(C(=O)N(C)C8CCC(=O)NC8=O)c7)CC6)CC5)nc4c3F)c12. The van der Waals surface area contributed by atoms with Crippen molar-refractivity contribution >= 4 is 57.2 Å². The highest BCUT2D eigenvalue weighted by Gasteiger charge is 2.46. The van der Waals surface area contributed by atoms with E-state index in [4.69, 9.17) is 16.1 Å². The lowest BCUT2D eigenvalue weighted by molar-refractivity contribution is -0.136. The molecule has 2 aromatic heterocycles. The smallest absolute Gasteiger partial charge is 0.319 e. The van der Waals surface area contributed by atoms with E-state index in [1.54, 1.807) is 12.1 Å². The second kappa shape index (κ2) is 16.7. The first-order valence-corrected chi connectivity index (χ1v) is 22.0. The number of anilines is 2. The number of aldehydes is 1. The molecule has 65 heavy (non-hydrogen) atoms. The van der Waals surface area contributed by atoms with Crippen molar-refractivity contribution in [3.8, 4) is 35.4 Å². The zero-order valence-corrected chi connectivity index (χ0v) is 35.8. The van der Waals surface area contributed by atoms with Crippen molar-refractivity contribution in [3.05, 3.63) is 77.0 Å². The number of piperazine rings is 2. The molecule has 1 saturated carbocycles. The van der Waals surface area contributed by atoms with Crippen LogP contribution in [0.25, 0.3) is 32.9 Å². The average Bonchev–Trinajstić information content (AvgIpc) is 3.99. The molecule has 3 unspecified atom stereocenters. The number of nitrogens with zero attached hydrogens (tertiary/aromatic N) is 7. The Hall–Kier alpha value is -6.77. The number of halogens is 2. The van der Waals surface area contributed by atoms with Gasteiger partial charge in [-0.15, -0.1) is 6.42 Å². The fourth-order valence-corrected chi connectivity index (χ4v) is 10.0. The minimum Gasteiger partial charge on any atom is -0.508 e. The molecule has 1 aliphatic carbocycles. The van der Waals surface area contributed by atoms with Gasteiger partial charge < -0.3 is 29.9 Å². The fraction of sp³-hybridized carbons (Fsp3) is 0.396. The normalized spacial score (nSPS) is 21.6. The van der Waals surface area contributed by atoms with E-state index < -0.39 is 29.5 Å². The second-order valence-corrected chi connectivity index (χ2v) is 18.0. The number of fused-ring (bicyclic) bond motifs is 4. The summed E-state index contributed by atoms with van der Waals surface area (Å²) in [6, 6.07) is 10.4. The van der Waals surface area contributed by atoms with Crippen LogP contribution < -0.4 is 25.2 Å². The van der Waals surface area contributed by atoms with Gasteiger partial charge in [0.2, 0.25) is 11.8 Å². The predicted octanol–water partition coefficient (Wildman–Crippen LogP) is 4.42. The number of carbonyl (C=O) groups is 4. The number of hydrogen-bond donors (Lipinski definition) is 3. The van der Waals surface area contributed by atoms with E-state index in [0.717, 1.165) is 51.0 Å². The number of ether oxygens (including phenoxy) is 1. The molecule has 4 saturated heterocycles. The summed E-state index contributed by atoms with van der Waals surface area (Å²) < 4.78 is 38.5. The molecule has 0 radical (unpaired) electrons. The monoisotopic (exact) mass is 883 g/mol. The summed E-state index contributed by atoms with van der Waals surface area (Å²) in [5.74, 6) is -0.0540. The van der Waals surface area contributed by atoms with E-state index >= 15 is 8.78 Å². The number of benzene rings is 3. The summed E-state index contributed by atoms with van der Waals surface area (Å²) >= 11 is 0. The molecule has 4 aliphatic heterocycles. The number of likely N-dealkylation sites (N-methyl/N-ethyl adjacent to an activating group) is 1. The molecule has 5 fully saturated rings. The van der Waals surface area contributed by atoms with Gasteiger partial charge in [-0.2, -0.15) is 9.97 Å². The van der Waals surface area contributed by atoms with Crippen LogP contribution in [0.5, 0.6) is 11.8 Å². The maximum absolute atomic E-state index is 17.1. The molecule has 3 amide bonds. The van der Waals surface area contributed by atoms with Crippen molar-refractivity contribution in [1.82, 2.24) is 35.4 Å². The van der Waals surface area contributed by atoms with Gasteiger partial charge in [0, 0.05) is 105 Å². The Morgan fingerprint density at radius 1 is 1.03 bits per heavy atom. The van der Waals surface area contributed by atoms with E-state index in [2.05, 4.69) is 41.2 Å². The van der Waals surface area contributed by atoms with Gasteiger partial charge in [-0.25, -0.2) is 8.78 Å². The molecule has 15 nitrogen and oxygen atoms in total. The quantitative estimate of drug-likeness (QED) is 0.0968. The van der Waals surface area contributed by atoms with E-state index in [1.807, 2.05) is 6.07 Å². The minimum absolute atomic E-state index is 0.00866. The van der Waals surface area contributed by atoms with Crippen LogP contribution in [0.1, 0.15) is 64.8 Å². The molecule has 2 bridgehead atoms. The van der Waals surface area contributed by atoms with Gasteiger partial charge in [-0.3, -0.25) is 34.4 Å². The minimum atomic E-state index is -0.817. The zero-order chi connectivity index (χ0) is 45.1. The third-order valence-corrected chi connectivity index (χ3v) is 13.8. The van der Waals surface area contributed by atoms with Crippen molar-refractivity contribution in [3.63, 3.8) is 0 Å². The highest BCUT2D eigenvalue weighted by molar-refractivity contribution is 6.07. The van der Waals surface area contributed by atoms with Gasteiger partial charge in [0.1, 0.15) is 34.6 Å². The molecule has 17 heteroatoms. The number of pyridine rings is 1. The Balaban J connectivity index is 0.870. The first-order valence-electron chi connectivity index (χ1n) is 22.0. The van der Waals surface area contributed by atoms with Gasteiger partial charge in [0.15, 0.2) is 12.1 Å². The first kappa shape index (κ1) is 42.2. The lowest BCUT2D eigenvalue weighted by Crippen LogP contribution is -2.53. The topological polar surface area (TPSA) is 173 Å². The Morgan fingerprint density at radius 2 is 1.80 bits per heavy atom. The van der Waals surface area contributed by atoms with Gasteiger partial charge in [0.05, 0.1) is 23.1 Å². The second-order valence-electron chi connectivity index (χ2n) is 18.0. The Morgan fingerprint density at radius 3 is 2.51 bits per heavy atom. The number of carbonyl (C=O) groups excluding carboxylic acids is 4. The molecule has 3 atom stereocenters. The number of phenols is 1. The number of hydrogen-bond acceptors (Lipinski definition) is 13. The van der Waals surface area contributed by atoms with Gasteiger partial charge in [-0.05, 0) is 73.9 Å². The fourth-order valence-electron chi connectivity index (χ4n) is 10.0. The number of phenolic OH excluding ortho intramolecular Hbond substituents is 1. The van der Waals surface area contributed by atoms with Crippen molar-refractivity contribution in [1.29, 1.82) is 0 Å². The summed E-state index contributed by atoms with van der Waals surface area (Å²) in [6.07, 6.45) is 12.1. The Bertz CT molecular complexity index is 2830. The molecule has 3 aromatic carbocycles. The largest absolute Gasteiger partial charge is 0.508 e. The zero-order valence-electron chi connectivity index (χ0n) is 35.8. The molecule has 10 rings (SSSR count). The first-order chi connectivity index (χ1) is 31.4. The number of piperidine rings is 1. The van der Waals surface area contributed by atoms with Crippen LogP contribution in [0.4, 0.5) is 20.3 Å². The number of aromatic hydroxyl groups is 1. The number of aromatic nitrogens is 3. The standard InChI is InChI=1S/C48H47F2N9O6/c1-3-33-37(49)9-5-27-18-32(61)20-35(40(27)33)42-41(50)43-36(21-51-42)44(59-22-29-6-7-30(23-59)52-29)55-47(54-43)65-26-48(12-13-48)25-57-14-16-58(17-15-57)31-8-4-28(24-60)34(19-31)46(64)56(2)38-10-11-39(62)53-45(38)63/h1,4-5,8-9,18-21,24,29-30,38,52,61H,6-7,10-17,22-23,25-26H2,2H3,(H,53,62,63). The van der Waals surface area contributed by atoms with Crippen molar-refractivity contribution in [2.75, 3.05) is 69.3 Å². The maximum atomic E-state index is 17.1. The number of terminal acetylenes is 1. The van der Waals surface area contributed by atoms with Crippen LogP contribution in [0.2, 0.25) is 0 Å². The lowest BCUT2D eigenvalue weighted by Gasteiger charge is -2.38. The molecule has 6 heterocycles. The number of imide groups is 1. The summed E-state index contributed by atoms with van der Waals surface area (Å²) in [7, 11) is 1.51. The molecular formula is C48H47F2N9O6. The molecule has 3 N–H and O–H groups in total. The van der Waals surface area contributed by atoms with Crippen molar-refractivity contribution in [2.45, 2.75) is 56.7 Å². The third-order valence-electron chi connectivity index (χ3n) is 13.8. The Labute approximate surface area is 373 Å². The van der Waals surface area contributed by atoms with Crippen molar-refractivity contribution in [2.24, 2.45) is 5.41 Å². The summed E-state index contributed by atoms with van der Waals surface area (Å²) in [5, 5.41) is 17.7. The van der Waals surface area contributed by atoms with Crippen LogP contribution >= 0.6 is 0 Å². The van der Waals surface area contributed by atoms with E-state index in [0.29, 0.717) is 55.7 Å². The van der Waals surface area contributed by atoms with Gasteiger partial charge >= 0.3 is 6.01 Å². The highest BCUT2D eigenvalue weighted by Crippen LogP contribution is 2.47. The molecular weight excluding hydrogens is 837 g/mol. The van der Waals surface area contributed by atoms with Crippen LogP contribution in [0.15, 0.2) is 48.7 Å². The molecule has 334 valence electrons. The third kappa shape index (κ3) is 7.95. The van der Waals surface area contributed by atoms with Crippen molar-refractivity contribution < 1.29 is 37.8 Å². The average molecular weight is 884 g/mol. The van der Waals surface area contributed by atoms with Crippen LogP contribution in [0.3, 0.4) is 0 Å². The molecule has 5 aromatic rings. The van der Waals surface area contributed by atoms with Crippen LogP contribution in [0, 0.1) is 29.4 Å². The van der Waals surface area contributed by atoms with Crippen LogP contribution in [-0.2, 0) is 9.59 Å².